The van der Waals surface area contributed by atoms with E-state index in [9.17, 15) is 9.59 Å². The Labute approximate surface area is 142 Å². The molecule has 23 heavy (non-hydrogen) atoms. The lowest BCUT2D eigenvalue weighted by Crippen LogP contribution is -2.59. The molecule has 1 aliphatic heterocycles. The molecule has 1 N–H and O–H groups in total. The minimum absolute atomic E-state index is 0.00734. The van der Waals surface area contributed by atoms with Crippen LogP contribution in [0.2, 0.25) is 0 Å². The van der Waals surface area contributed by atoms with Crippen LogP contribution >= 0.6 is 15.9 Å². The minimum Gasteiger partial charge on any atom is -0.465 e. The van der Waals surface area contributed by atoms with Crippen LogP contribution in [0.5, 0.6) is 0 Å². The summed E-state index contributed by atoms with van der Waals surface area (Å²) in [7, 11) is 0. The number of halogens is 1. The van der Waals surface area contributed by atoms with Gasteiger partial charge in [-0.2, -0.15) is 0 Å². The monoisotopic (exact) mass is 373 g/mol. The van der Waals surface area contributed by atoms with E-state index in [1.165, 1.54) is 10.5 Å². The van der Waals surface area contributed by atoms with Crippen molar-refractivity contribution in [3.63, 3.8) is 0 Å². The van der Waals surface area contributed by atoms with Gasteiger partial charge in [0.1, 0.15) is 6.04 Å². The number of hydrogen-bond acceptors (Lipinski definition) is 2. The molecule has 0 saturated carbocycles. The van der Waals surface area contributed by atoms with Crippen molar-refractivity contribution in [1.29, 1.82) is 0 Å². The second-order valence-corrected chi connectivity index (χ2v) is 6.54. The van der Waals surface area contributed by atoms with E-state index in [-0.39, 0.29) is 12.3 Å². The molecule has 1 aliphatic rings. The summed E-state index contributed by atoms with van der Waals surface area (Å²) in [5, 5.41) is 9.06. The maximum atomic E-state index is 11.7. The number of rotatable bonds is 4. The van der Waals surface area contributed by atoms with E-state index in [1.54, 1.807) is 0 Å². The number of hydrogen-bond donors (Lipinski definition) is 1. The topological polar surface area (TPSA) is 57.6 Å². The Balaban J connectivity index is 1.78. The second-order valence-electron chi connectivity index (χ2n) is 5.68. The lowest BCUT2D eigenvalue weighted by Gasteiger charge is -2.37. The Morgan fingerprint density at radius 2 is 1.91 bits per heavy atom. The fraction of sp³-hybridized carbons (Fsp3) is 0.222. The lowest BCUT2D eigenvalue weighted by atomic mass is 9.93. The number of ketones is 1. The van der Waals surface area contributed by atoms with Crippen molar-refractivity contribution in [3.8, 4) is 0 Å². The average molecular weight is 374 g/mol. The van der Waals surface area contributed by atoms with Gasteiger partial charge >= 0.3 is 6.09 Å². The van der Waals surface area contributed by atoms with Gasteiger partial charge < -0.3 is 5.11 Å². The molecule has 1 unspecified atom stereocenters. The van der Waals surface area contributed by atoms with Crippen molar-refractivity contribution in [2.75, 3.05) is 6.54 Å². The minimum atomic E-state index is -1.03. The van der Waals surface area contributed by atoms with Crippen LogP contribution in [0, 0.1) is 0 Å². The Morgan fingerprint density at radius 3 is 2.57 bits per heavy atom. The fourth-order valence-corrected chi connectivity index (χ4v) is 3.19. The van der Waals surface area contributed by atoms with Crippen molar-refractivity contribution < 1.29 is 14.7 Å². The molecule has 0 aromatic heterocycles. The third kappa shape index (κ3) is 3.45. The molecule has 1 amide bonds. The summed E-state index contributed by atoms with van der Waals surface area (Å²) in [6, 6.07) is 15.5. The zero-order valence-electron chi connectivity index (χ0n) is 12.4. The molecule has 1 heterocycles. The highest BCUT2D eigenvalue weighted by Crippen LogP contribution is 2.25. The Kier molecular flexibility index (Phi) is 4.48. The van der Waals surface area contributed by atoms with Gasteiger partial charge in [-0.15, -0.1) is 0 Å². The molecule has 0 radical (unpaired) electrons. The summed E-state index contributed by atoms with van der Waals surface area (Å²) in [6.07, 6.45) is 0.188. The summed E-state index contributed by atoms with van der Waals surface area (Å²) in [6.45, 7) is 0.00734. The van der Waals surface area contributed by atoms with Gasteiger partial charge in [-0.1, -0.05) is 58.4 Å². The molecule has 2 aromatic rings. The first-order valence-electron chi connectivity index (χ1n) is 7.38. The number of benzene rings is 2. The summed E-state index contributed by atoms with van der Waals surface area (Å²) in [5.41, 5.74) is 3.31. The number of carbonyl (C=O) groups excluding carboxylic acids is 1. The highest BCUT2D eigenvalue weighted by Gasteiger charge is 2.40. The van der Waals surface area contributed by atoms with Gasteiger partial charge in [0, 0.05) is 10.9 Å². The quantitative estimate of drug-likeness (QED) is 0.891. The fourth-order valence-electron chi connectivity index (χ4n) is 2.80. The number of Topliss-reactive ketones (excluding diaryl/α,β-unsaturated/α-hetero) is 1. The number of nitrogens with zero attached hydrogens (tertiary/aromatic N) is 1. The smallest absolute Gasteiger partial charge is 0.408 e. The molecule has 2 aromatic carbocycles. The molecule has 4 nitrogen and oxygen atoms in total. The predicted octanol–water partition coefficient (Wildman–Crippen LogP) is 3.51. The first-order chi connectivity index (χ1) is 11.0. The largest absolute Gasteiger partial charge is 0.465 e. The van der Waals surface area contributed by atoms with Crippen LogP contribution in [-0.4, -0.2) is 34.5 Å². The van der Waals surface area contributed by atoms with E-state index < -0.39 is 12.1 Å². The van der Waals surface area contributed by atoms with E-state index >= 15 is 0 Å². The van der Waals surface area contributed by atoms with E-state index in [0.717, 1.165) is 22.0 Å². The highest BCUT2D eigenvalue weighted by atomic mass is 79.9. The van der Waals surface area contributed by atoms with Gasteiger partial charge in [-0.3, -0.25) is 9.69 Å². The maximum Gasteiger partial charge on any atom is 0.408 e. The zero-order valence-corrected chi connectivity index (χ0v) is 14.0. The molecule has 0 spiro atoms. The van der Waals surface area contributed by atoms with Gasteiger partial charge in [0.15, 0.2) is 5.78 Å². The summed E-state index contributed by atoms with van der Waals surface area (Å²) >= 11 is 3.56. The van der Waals surface area contributed by atoms with Crippen molar-refractivity contribution in [2.45, 2.75) is 18.9 Å². The van der Waals surface area contributed by atoms with Gasteiger partial charge in [0.25, 0.3) is 0 Å². The van der Waals surface area contributed by atoms with E-state index in [4.69, 9.17) is 5.11 Å². The molecule has 5 heteroatoms. The summed E-state index contributed by atoms with van der Waals surface area (Å²) in [4.78, 5) is 23.9. The lowest BCUT2D eigenvalue weighted by molar-refractivity contribution is -0.133. The Bertz CT molecular complexity index is 745. The van der Waals surface area contributed by atoms with Crippen molar-refractivity contribution in [1.82, 2.24) is 4.90 Å². The summed E-state index contributed by atoms with van der Waals surface area (Å²) in [5.74, 6) is -0.0140. The molecule has 1 atom stereocenters. The maximum absolute atomic E-state index is 11.7. The summed E-state index contributed by atoms with van der Waals surface area (Å²) < 4.78 is 1.01. The molecule has 0 bridgehead atoms. The number of carbonyl (C=O) groups is 2. The van der Waals surface area contributed by atoms with Gasteiger partial charge in [0.05, 0.1) is 6.54 Å². The van der Waals surface area contributed by atoms with Crippen molar-refractivity contribution >= 4 is 27.8 Å². The number of likely N-dealkylation sites (tertiary alicyclic amines) is 1. The zero-order chi connectivity index (χ0) is 16.4. The third-order valence-corrected chi connectivity index (χ3v) is 4.87. The molecule has 1 fully saturated rings. The first-order valence-corrected chi connectivity index (χ1v) is 8.17. The van der Waals surface area contributed by atoms with Crippen molar-refractivity contribution in [2.24, 2.45) is 0 Å². The number of amides is 1. The van der Waals surface area contributed by atoms with Crippen LogP contribution in [0.25, 0.3) is 0 Å². The van der Waals surface area contributed by atoms with Crippen molar-refractivity contribution in [3.05, 3.63) is 69.7 Å². The highest BCUT2D eigenvalue weighted by molar-refractivity contribution is 9.10. The predicted molar refractivity (Wildman–Crippen MR) is 90.6 cm³/mol. The van der Waals surface area contributed by atoms with Gasteiger partial charge in [0.2, 0.25) is 0 Å². The molecule has 0 aliphatic carbocycles. The standard InChI is InChI=1S/C18H16BrNO3/c19-15-7-6-13(10-16-17(21)11-20(16)18(22)23)9-14(15)8-12-4-2-1-3-5-12/h1-7,9,16H,8,10-11H2,(H,22,23). The Morgan fingerprint density at radius 1 is 1.17 bits per heavy atom. The molecule has 1 saturated heterocycles. The van der Waals surface area contributed by atoms with Crippen LogP contribution < -0.4 is 0 Å². The van der Waals surface area contributed by atoms with E-state index in [1.807, 2.05) is 36.4 Å². The van der Waals surface area contributed by atoms with Crippen LogP contribution in [0.4, 0.5) is 4.79 Å². The number of carboxylic acid groups (broad SMARTS) is 1. The van der Waals surface area contributed by atoms with Crippen LogP contribution in [0.15, 0.2) is 53.0 Å². The molecule has 118 valence electrons. The van der Waals surface area contributed by atoms with Crippen LogP contribution in [0.3, 0.4) is 0 Å². The van der Waals surface area contributed by atoms with Crippen LogP contribution in [0.1, 0.15) is 16.7 Å². The Hall–Kier alpha value is -2.14. The SMILES string of the molecule is O=C1CN(C(=O)O)C1Cc1ccc(Br)c(Cc2ccccc2)c1. The second kappa shape index (κ2) is 6.54. The van der Waals surface area contributed by atoms with E-state index in [0.29, 0.717) is 6.42 Å². The van der Waals surface area contributed by atoms with E-state index in [2.05, 4.69) is 28.1 Å². The van der Waals surface area contributed by atoms with Gasteiger partial charge in [-0.25, -0.2) is 4.79 Å². The third-order valence-electron chi connectivity index (χ3n) is 4.10. The molecular formula is C18H16BrNO3. The molecule has 3 rings (SSSR count). The normalized spacial score (nSPS) is 17.0. The van der Waals surface area contributed by atoms with Gasteiger partial charge in [-0.05, 0) is 29.2 Å². The molecular weight excluding hydrogens is 358 g/mol. The average Bonchev–Trinajstić information content (AvgIpc) is 2.54. The van der Waals surface area contributed by atoms with Crippen LogP contribution in [-0.2, 0) is 17.6 Å². The first kappa shape index (κ1) is 15.7.